The first-order valence-electron chi connectivity index (χ1n) is 7.80. The lowest BCUT2D eigenvalue weighted by molar-refractivity contribution is 0.598. The Labute approximate surface area is 164 Å². The monoisotopic (exact) mass is 416 g/mol. The number of fused-ring (bicyclic) bond motifs is 1. The molecule has 27 heavy (non-hydrogen) atoms. The molecule has 0 bridgehead atoms. The number of thiophene rings is 1. The molecular formula is C18H13ClN4O2S2. The van der Waals surface area contributed by atoms with Crippen molar-refractivity contribution in [1.82, 2.24) is 9.97 Å². The number of nitrogens with two attached hydrogens (primary N) is 1. The van der Waals surface area contributed by atoms with Crippen molar-refractivity contribution in [3.05, 3.63) is 65.3 Å². The highest BCUT2D eigenvalue weighted by molar-refractivity contribution is 7.89. The molecule has 0 amide bonds. The van der Waals surface area contributed by atoms with Crippen LogP contribution in [0.15, 0.2) is 65.1 Å². The van der Waals surface area contributed by atoms with Crippen LogP contribution in [0.25, 0.3) is 21.3 Å². The van der Waals surface area contributed by atoms with Gasteiger partial charge in [0.2, 0.25) is 10.0 Å². The van der Waals surface area contributed by atoms with E-state index in [4.69, 9.17) is 16.7 Å². The van der Waals surface area contributed by atoms with E-state index < -0.39 is 10.0 Å². The molecule has 0 atom stereocenters. The molecule has 0 saturated carbocycles. The van der Waals surface area contributed by atoms with E-state index in [-0.39, 0.29) is 4.90 Å². The van der Waals surface area contributed by atoms with Crippen molar-refractivity contribution in [2.75, 3.05) is 5.32 Å². The molecule has 3 N–H and O–H groups in total. The zero-order valence-corrected chi connectivity index (χ0v) is 16.1. The second kappa shape index (κ2) is 6.90. The Bertz CT molecular complexity index is 1220. The van der Waals surface area contributed by atoms with Crippen LogP contribution in [0.2, 0.25) is 5.02 Å². The fraction of sp³-hybridized carbons (Fsp3) is 0. The highest BCUT2D eigenvalue weighted by Crippen LogP contribution is 2.37. The van der Waals surface area contributed by atoms with Crippen molar-refractivity contribution in [1.29, 1.82) is 0 Å². The summed E-state index contributed by atoms with van der Waals surface area (Å²) in [6.45, 7) is 0. The third kappa shape index (κ3) is 3.65. The van der Waals surface area contributed by atoms with Crippen molar-refractivity contribution < 1.29 is 8.42 Å². The Morgan fingerprint density at radius 3 is 2.37 bits per heavy atom. The highest BCUT2D eigenvalue weighted by Gasteiger charge is 2.14. The van der Waals surface area contributed by atoms with Gasteiger partial charge in [-0.1, -0.05) is 23.7 Å². The van der Waals surface area contributed by atoms with Crippen LogP contribution in [0.4, 0.5) is 11.5 Å². The number of nitrogens with one attached hydrogen (secondary N) is 1. The van der Waals surface area contributed by atoms with Gasteiger partial charge in [0.05, 0.1) is 10.3 Å². The number of hydrogen-bond acceptors (Lipinski definition) is 6. The summed E-state index contributed by atoms with van der Waals surface area (Å²) in [5.74, 6) is 0.634. The number of aromatic nitrogens is 2. The van der Waals surface area contributed by atoms with E-state index in [9.17, 15) is 8.42 Å². The lowest BCUT2D eigenvalue weighted by Gasteiger charge is -2.09. The summed E-state index contributed by atoms with van der Waals surface area (Å²) in [7, 11) is -3.73. The molecule has 4 aromatic rings. The summed E-state index contributed by atoms with van der Waals surface area (Å²) in [5, 5.41) is 11.9. The summed E-state index contributed by atoms with van der Waals surface area (Å²) in [6, 6.07) is 13.7. The van der Waals surface area contributed by atoms with Gasteiger partial charge in [-0.25, -0.2) is 23.5 Å². The zero-order chi connectivity index (χ0) is 19.0. The first kappa shape index (κ1) is 17.9. The minimum atomic E-state index is -3.73. The van der Waals surface area contributed by atoms with Crippen LogP contribution in [-0.2, 0) is 10.0 Å². The van der Waals surface area contributed by atoms with Crippen molar-refractivity contribution in [2.24, 2.45) is 5.14 Å². The first-order valence-corrected chi connectivity index (χ1v) is 10.6. The largest absolute Gasteiger partial charge is 0.340 e. The molecule has 2 aromatic heterocycles. The summed E-state index contributed by atoms with van der Waals surface area (Å²) >= 11 is 7.51. The van der Waals surface area contributed by atoms with Gasteiger partial charge in [-0.2, -0.15) is 0 Å². The number of hydrogen-bond donors (Lipinski definition) is 2. The van der Waals surface area contributed by atoms with E-state index >= 15 is 0 Å². The lowest BCUT2D eigenvalue weighted by atomic mass is 10.1. The van der Waals surface area contributed by atoms with E-state index in [0.717, 1.165) is 21.3 Å². The maximum absolute atomic E-state index is 11.4. The Balaban J connectivity index is 1.76. The van der Waals surface area contributed by atoms with Crippen LogP contribution in [0, 0.1) is 0 Å². The van der Waals surface area contributed by atoms with Crippen LogP contribution in [0.3, 0.4) is 0 Å². The van der Waals surface area contributed by atoms with E-state index in [0.29, 0.717) is 16.5 Å². The van der Waals surface area contributed by atoms with Gasteiger partial charge in [0, 0.05) is 21.7 Å². The molecule has 0 aliphatic rings. The van der Waals surface area contributed by atoms with Gasteiger partial charge >= 0.3 is 0 Å². The van der Waals surface area contributed by atoms with Gasteiger partial charge < -0.3 is 5.32 Å². The smallest absolute Gasteiger partial charge is 0.238 e. The fourth-order valence-electron chi connectivity index (χ4n) is 2.68. The van der Waals surface area contributed by atoms with Crippen LogP contribution >= 0.6 is 22.9 Å². The number of benzene rings is 2. The minimum absolute atomic E-state index is 0.0540. The third-order valence-corrected chi connectivity index (χ3v) is 6.04. The number of anilines is 2. The Morgan fingerprint density at radius 1 is 1.00 bits per heavy atom. The topological polar surface area (TPSA) is 98.0 Å². The molecule has 0 aliphatic heterocycles. The molecule has 2 heterocycles. The van der Waals surface area contributed by atoms with E-state index in [2.05, 4.69) is 15.3 Å². The summed E-state index contributed by atoms with van der Waals surface area (Å²) in [6.07, 6.45) is 1.49. The van der Waals surface area contributed by atoms with E-state index in [1.165, 1.54) is 29.8 Å². The molecule has 0 spiro atoms. The second-order valence-corrected chi connectivity index (χ2v) is 8.61. The van der Waals surface area contributed by atoms with E-state index in [1.54, 1.807) is 12.1 Å². The van der Waals surface area contributed by atoms with Gasteiger partial charge in [-0.05, 0) is 42.0 Å². The van der Waals surface area contributed by atoms with Gasteiger partial charge in [-0.3, -0.25) is 0 Å². The predicted molar refractivity (Wildman–Crippen MR) is 109 cm³/mol. The first-order chi connectivity index (χ1) is 12.9. The number of nitrogens with zero attached hydrogens (tertiary/aromatic N) is 2. The molecule has 0 unspecified atom stereocenters. The normalized spacial score (nSPS) is 11.6. The Morgan fingerprint density at radius 2 is 1.70 bits per heavy atom. The van der Waals surface area contributed by atoms with Gasteiger partial charge in [-0.15, -0.1) is 11.3 Å². The lowest BCUT2D eigenvalue weighted by Crippen LogP contribution is -2.11. The van der Waals surface area contributed by atoms with Gasteiger partial charge in [0.15, 0.2) is 0 Å². The van der Waals surface area contributed by atoms with Crippen molar-refractivity contribution in [3.8, 4) is 11.1 Å². The number of rotatable bonds is 4. The molecule has 0 saturated heterocycles. The molecule has 6 nitrogen and oxygen atoms in total. The molecule has 0 fully saturated rings. The van der Waals surface area contributed by atoms with Crippen molar-refractivity contribution in [3.63, 3.8) is 0 Å². The third-order valence-electron chi connectivity index (χ3n) is 3.97. The van der Waals surface area contributed by atoms with Crippen LogP contribution in [0.5, 0.6) is 0 Å². The number of halogens is 1. The molecule has 0 radical (unpaired) electrons. The fourth-order valence-corrected chi connectivity index (χ4v) is 4.23. The number of primary sulfonamides is 1. The molecule has 9 heteroatoms. The summed E-state index contributed by atoms with van der Waals surface area (Å²) in [4.78, 5) is 9.60. The standard InChI is InChI=1S/C18H13ClN4O2S2/c19-12-3-1-11(2-4-12)15-9-26-18-16(15)17(21-10-22-18)23-13-5-7-14(8-6-13)27(20,24)25/h1-10H,(H2,20,24,25)(H,21,22,23). The number of sulfonamides is 1. The SMILES string of the molecule is NS(=O)(=O)c1ccc(Nc2ncnc3scc(-c4ccc(Cl)cc4)c23)cc1. The molecule has 4 rings (SSSR count). The second-order valence-electron chi connectivity index (χ2n) is 5.75. The van der Waals surface area contributed by atoms with E-state index in [1.807, 2.05) is 29.6 Å². The summed E-state index contributed by atoms with van der Waals surface area (Å²) < 4.78 is 22.8. The quantitative estimate of drug-likeness (QED) is 0.513. The predicted octanol–water partition coefficient (Wildman–Crippen LogP) is 4.40. The molecular weight excluding hydrogens is 404 g/mol. The molecule has 2 aromatic carbocycles. The molecule has 136 valence electrons. The van der Waals surface area contributed by atoms with Crippen LogP contribution < -0.4 is 10.5 Å². The molecule has 0 aliphatic carbocycles. The van der Waals surface area contributed by atoms with Crippen LogP contribution in [-0.4, -0.2) is 18.4 Å². The minimum Gasteiger partial charge on any atom is -0.340 e. The Hall–Kier alpha value is -2.52. The summed E-state index contributed by atoms with van der Waals surface area (Å²) in [5.41, 5.74) is 2.69. The van der Waals surface area contributed by atoms with Crippen LogP contribution in [0.1, 0.15) is 0 Å². The van der Waals surface area contributed by atoms with Crippen molar-refractivity contribution >= 4 is 54.7 Å². The zero-order valence-electron chi connectivity index (χ0n) is 13.8. The average Bonchev–Trinajstić information content (AvgIpc) is 3.07. The van der Waals surface area contributed by atoms with Crippen molar-refractivity contribution in [2.45, 2.75) is 4.90 Å². The maximum Gasteiger partial charge on any atom is 0.238 e. The maximum atomic E-state index is 11.4. The average molecular weight is 417 g/mol. The van der Waals surface area contributed by atoms with Gasteiger partial charge in [0.25, 0.3) is 0 Å². The Kier molecular flexibility index (Phi) is 4.56. The van der Waals surface area contributed by atoms with Gasteiger partial charge in [0.1, 0.15) is 17.0 Å². The highest BCUT2D eigenvalue weighted by atomic mass is 35.5.